The van der Waals surface area contributed by atoms with Gasteiger partial charge in [-0.3, -0.25) is 4.79 Å². The van der Waals surface area contributed by atoms with Gasteiger partial charge in [-0.25, -0.2) is 4.39 Å². The van der Waals surface area contributed by atoms with Crippen molar-refractivity contribution in [2.24, 2.45) is 0 Å². The minimum absolute atomic E-state index is 0.0831. The fraction of sp³-hybridized carbons (Fsp3) is 0.308. The monoisotopic (exact) mass is 295 g/mol. The lowest BCUT2D eigenvalue weighted by molar-refractivity contribution is -0.133. The topological polar surface area (TPSA) is 68.0 Å². The van der Waals surface area contributed by atoms with Crippen LogP contribution in [0.5, 0.6) is 0 Å². The van der Waals surface area contributed by atoms with E-state index in [0.717, 1.165) is 17.3 Å². The molecule has 2 rings (SSSR count). The van der Waals surface area contributed by atoms with Crippen LogP contribution in [-0.2, 0) is 11.3 Å². The van der Waals surface area contributed by atoms with Gasteiger partial charge >= 0.3 is 5.97 Å². The standard InChI is InChI=1S/C13H14FN3O2S/c1-3-17-12(10-6-9(14)5-4-8(10)2)15-16-13(17)20-7-11(18)19/h4-6H,3,7H2,1-2H3,(H,18,19). The molecule has 2 aromatic rings. The van der Waals surface area contributed by atoms with E-state index in [1.54, 1.807) is 10.6 Å². The van der Waals surface area contributed by atoms with Gasteiger partial charge in [-0.05, 0) is 31.5 Å². The Morgan fingerprint density at radius 2 is 2.20 bits per heavy atom. The van der Waals surface area contributed by atoms with Gasteiger partial charge in [0, 0.05) is 12.1 Å². The second-order valence-corrected chi connectivity index (χ2v) is 5.13. The van der Waals surface area contributed by atoms with Crippen molar-refractivity contribution in [2.75, 3.05) is 5.75 Å². The van der Waals surface area contributed by atoms with Crippen molar-refractivity contribution < 1.29 is 14.3 Å². The first-order chi connectivity index (χ1) is 9.52. The molecule has 1 heterocycles. The molecule has 1 aromatic carbocycles. The highest BCUT2D eigenvalue weighted by atomic mass is 32.2. The van der Waals surface area contributed by atoms with E-state index in [4.69, 9.17) is 5.11 Å². The predicted octanol–water partition coefficient (Wildman–Crippen LogP) is 2.59. The summed E-state index contributed by atoms with van der Waals surface area (Å²) in [6.45, 7) is 4.36. The number of hydrogen-bond acceptors (Lipinski definition) is 4. The minimum Gasteiger partial charge on any atom is -0.481 e. The molecule has 20 heavy (non-hydrogen) atoms. The molecule has 0 spiro atoms. The van der Waals surface area contributed by atoms with E-state index in [1.165, 1.54) is 12.1 Å². The van der Waals surface area contributed by atoms with Gasteiger partial charge in [0.1, 0.15) is 5.82 Å². The number of halogens is 1. The highest BCUT2D eigenvalue weighted by Crippen LogP contribution is 2.26. The van der Waals surface area contributed by atoms with Crippen molar-refractivity contribution in [3.8, 4) is 11.4 Å². The summed E-state index contributed by atoms with van der Waals surface area (Å²) in [5, 5.41) is 17.3. The van der Waals surface area contributed by atoms with Gasteiger partial charge in [0.15, 0.2) is 11.0 Å². The van der Waals surface area contributed by atoms with Gasteiger partial charge in [-0.15, -0.1) is 10.2 Å². The molecule has 0 saturated heterocycles. The summed E-state index contributed by atoms with van der Waals surface area (Å²) in [4.78, 5) is 10.6. The van der Waals surface area contributed by atoms with Gasteiger partial charge in [0.2, 0.25) is 0 Å². The second kappa shape index (κ2) is 6.04. The van der Waals surface area contributed by atoms with E-state index in [1.807, 2.05) is 13.8 Å². The third kappa shape index (κ3) is 2.98. The van der Waals surface area contributed by atoms with Crippen molar-refractivity contribution in [1.82, 2.24) is 14.8 Å². The Kier molecular flexibility index (Phi) is 4.39. The van der Waals surface area contributed by atoms with Crippen LogP contribution in [0.2, 0.25) is 0 Å². The summed E-state index contributed by atoms with van der Waals surface area (Å²) in [5.74, 6) is -0.780. The Morgan fingerprint density at radius 1 is 1.45 bits per heavy atom. The summed E-state index contributed by atoms with van der Waals surface area (Å²) in [6, 6.07) is 4.49. The maximum atomic E-state index is 13.4. The number of nitrogens with zero attached hydrogens (tertiary/aromatic N) is 3. The minimum atomic E-state index is -0.913. The second-order valence-electron chi connectivity index (χ2n) is 4.19. The summed E-state index contributed by atoms with van der Waals surface area (Å²) in [7, 11) is 0. The van der Waals surface area contributed by atoms with Crippen LogP contribution in [0.3, 0.4) is 0 Å². The average molecular weight is 295 g/mol. The molecule has 1 aromatic heterocycles. The molecule has 0 fully saturated rings. The quantitative estimate of drug-likeness (QED) is 0.859. The Labute approximate surface area is 119 Å². The average Bonchev–Trinajstić information content (AvgIpc) is 2.81. The first-order valence-electron chi connectivity index (χ1n) is 6.07. The molecule has 5 nitrogen and oxygen atoms in total. The van der Waals surface area contributed by atoms with Gasteiger partial charge in [0.25, 0.3) is 0 Å². The Hall–Kier alpha value is -1.89. The lowest BCUT2D eigenvalue weighted by atomic mass is 10.1. The summed E-state index contributed by atoms with van der Waals surface area (Å²) < 4.78 is 15.2. The number of aryl methyl sites for hydroxylation is 1. The molecule has 0 atom stereocenters. The molecule has 0 amide bonds. The third-order valence-electron chi connectivity index (χ3n) is 2.80. The molecule has 106 valence electrons. The number of aromatic nitrogens is 3. The van der Waals surface area contributed by atoms with Crippen molar-refractivity contribution in [3.05, 3.63) is 29.6 Å². The number of aliphatic carboxylic acids is 1. The Morgan fingerprint density at radius 3 is 2.85 bits per heavy atom. The lowest BCUT2D eigenvalue weighted by Gasteiger charge is -2.08. The van der Waals surface area contributed by atoms with Crippen molar-refractivity contribution in [3.63, 3.8) is 0 Å². The lowest BCUT2D eigenvalue weighted by Crippen LogP contribution is -2.04. The molecule has 0 saturated carbocycles. The van der Waals surface area contributed by atoms with E-state index >= 15 is 0 Å². The fourth-order valence-electron chi connectivity index (χ4n) is 1.84. The smallest absolute Gasteiger partial charge is 0.313 e. The normalized spacial score (nSPS) is 10.8. The Balaban J connectivity index is 2.42. The number of carbonyl (C=O) groups is 1. The Bertz CT molecular complexity index is 643. The van der Waals surface area contributed by atoms with Gasteiger partial charge in [-0.2, -0.15) is 0 Å². The van der Waals surface area contributed by atoms with Crippen molar-refractivity contribution in [2.45, 2.75) is 25.5 Å². The van der Waals surface area contributed by atoms with Crippen molar-refractivity contribution >= 4 is 17.7 Å². The number of thioether (sulfide) groups is 1. The third-order valence-corrected chi connectivity index (χ3v) is 3.75. The highest BCUT2D eigenvalue weighted by molar-refractivity contribution is 7.99. The first kappa shape index (κ1) is 14.5. The molecule has 7 heteroatoms. The fourth-order valence-corrected chi connectivity index (χ4v) is 2.56. The SMILES string of the molecule is CCn1c(SCC(=O)O)nnc1-c1cc(F)ccc1C. The molecule has 0 unspecified atom stereocenters. The zero-order valence-corrected chi connectivity index (χ0v) is 11.9. The van der Waals surface area contributed by atoms with Crippen LogP contribution in [0.1, 0.15) is 12.5 Å². The highest BCUT2D eigenvalue weighted by Gasteiger charge is 2.16. The predicted molar refractivity (Wildman–Crippen MR) is 74.2 cm³/mol. The van der Waals surface area contributed by atoms with Crippen LogP contribution in [0, 0.1) is 12.7 Å². The van der Waals surface area contributed by atoms with Crippen LogP contribution < -0.4 is 0 Å². The zero-order valence-electron chi connectivity index (χ0n) is 11.1. The van der Waals surface area contributed by atoms with Crippen LogP contribution in [0.25, 0.3) is 11.4 Å². The maximum Gasteiger partial charge on any atom is 0.313 e. The zero-order chi connectivity index (χ0) is 14.7. The van der Waals surface area contributed by atoms with Gasteiger partial charge in [0.05, 0.1) is 5.75 Å². The molecule has 0 aliphatic carbocycles. The summed E-state index contributed by atoms with van der Waals surface area (Å²) in [5.41, 5.74) is 1.56. The summed E-state index contributed by atoms with van der Waals surface area (Å²) >= 11 is 1.10. The molecular weight excluding hydrogens is 281 g/mol. The number of rotatable bonds is 5. The van der Waals surface area contributed by atoms with Crippen LogP contribution >= 0.6 is 11.8 Å². The molecule has 0 radical (unpaired) electrons. The molecule has 1 N–H and O–H groups in total. The number of hydrogen-bond donors (Lipinski definition) is 1. The molecular formula is C13H14FN3O2S. The molecule has 0 aliphatic rings. The maximum absolute atomic E-state index is 13.4. The number of carboxylic acids is 1. The first-order valence-corrected chi connectivity index (χ1v) is 7.05. The van der Waals surface area contributed by atoms with E-state index in [2.05, 4.69) is 10.2 Å². The summed E-state index contributed by atoms with van der Waals surface area (Å²) in [6.07, 6.45) is 0. The molecule has 0 bridgehead atoms. The van der Waals surface area contributed by atoms with Gasteiger partial charge < -0.3 is 9.67 Å². The van der Waals surface area contributed by atoms with Crippen molar-refractivity contribution in [1.29, 1.82) is 0 Å². The van der Waals surface area contributed by atoms with E-state index < -0.39 is 5.97 Å². The number of benzene rings is 1. The van der Waals surface area contributed by atoms with Gasteiger partial charge in [-0.1, -0.05) is 17.8 Å². The van der Waals surface area contributed by atoms with Crippen LogP contribution in [-0.4, -0.2) is 31.6 Å². The van der Waals surface area contributed by atoms with E-state index in [0.29, 0.717) is 23.1 Å². The van der Waals surface area contributed by atoms with E-state index in [-0.39, 0.29) is 11.6 Å². The largest absolute Gasteiger partial charge is 0.481 e. The number of carboxylic acid groups (broad SMARTS) is 1. The van der Waals surface area contributed by atoms with E-state index in [9.17, 15) is 9.18 Å². The van der Waals surface area contributed by atoms with Crippen LogP contribution in [0.4, 0.5) is 4.39 Å². The van der Waals surface area contributed by atoms with Crippen LogP contribution in [0.15, 0.2) is 23.4 Å². The molecule has 0 aliphatic heterocycles.